The van der Waals surface area contributed by atoms with Crippen molar-refractivity contribution in [2.75, 3.05) is 7.05 Å². The molecule has 0 spiro atoms. The molecule has 110 valence electrons. The molecule has 1 atom stereocenters. The molecule has 4 nitrogen and oxygen atoms in total. The number of rotatable bonds is 4. The van der Waals surface area contributed by atoms with Crippen LogP contribution in [0, 0.1) is 12.3 Å². The number of thiophene rings is 1. The Morgan fingerprint density at radius 2 is 1.95 bits per heavy atom. The van der Waals surface area contributed by atoms with Crippen LogP contribution >= 0.6 is 11.3 Å². The maximum Gasteiger partial charge on any atom is 0.244 e. The Morgan fingerprint density at radius 1 is 1.42 bits per heavy atom. The van der Waals surface area contributed by atoms with E-state index < -0.39 is 10.0 Å². The van der Waals surface area contributed by atoms with Crippen molar-refractivity contribution in [3.63, 3.8) is 0 Å². The van der Waals surface area contributed by atoms with Crippen molar-refractivity contribution in [2.24, 2.45) is 5.41 Å². The van der Waals surface area contributed by atoms with Crippen molar-refractivity contribution in [2.45, 2.75) is 52.2 Å². The zero-order valence-electron chi connectivity index (χ0n) is 12.4. The monoisotopic (exact) mass is 305 g/mol. The molecule has 0 saturated carbocycles. The first-order valence-electron chi connectivity index (χ1n) is 6.20. The van der Waals surface area contributed by atoms with E-state index in [1.165, 1.54) is 15.6 Å². The van der Waals surface area contributed by atoms with E-state index in [9.17, 15) is 8.42 Å². The lowest BCUT2D eigenvalue weighted by molar-refractivity contribution is 0.216. The molecular weight excluding hydrogens is 282 g/mol. The van der Waals surface area contributed by atoms with Gasteiger partial charge in [-0.2, -0.15) is 4.31 Å². The van der Waals surface area contributed by atoms with Gasteiger partial charge in [-0.05, 0) is 25.3 Å². The zero-order valence-corrected chi connectivity index (χ0v) is 14.0. The second-order valence-electron chi connectivity index (χ2n) is 5.85. The van der Waals surface area contributed by atoms with Crippen LogP contribution in [0.4, 0.5) is 0 Å². The van der Waals surface area contributed by atoms with Crippen LogP contribution in [0.15, 0.2) is 11.0 Å². The average Bonchev–Trinajstić information content (AvgIpc) is 2.68. The van der Waals surface area contributed by atoms with Gasteiger partial charge in [0.1, 0.15) is 0 Å². The van der Waals surface area contributed by atoms with E-state index in [1.807, 2.05) is 27.7 Å². The normalized spacial score (nSPS) is 14.9. The Bertz CT molecular complexity index is 541. The van der Waals surface area contributed by atoms with Gasteiger partial charge in [-0.3, -0.25) is 0 Å². The van der Waals surface area contributed by atoms with Crippen molar-refractivity contribution in [3.05, 3.63) is 15.8 Å². The minimum Gasteiger partial charge on any atom is -0.391 e. The summed E-state index contributed by atoms with van der Waals surface area (Å²) in [5, 5.41) is 9.12. The Kier molecular flexibility index (Phi) is 4.83. The molecule has 0 aliphatic carbocycles. The molecule has 0 fully saturated rings. The topological polar surface area (TPSA) is 57.6 Å². The van der Waals surface area contributed by atoms with E-state index in [-0.39, 0.29) is 18.1 Å². The predicted molar refractivity (Wildman–Crippen MR) is 78.8 cm³/mol. The molecule has 0 radical (unpaired) electrons. The third-order valence-electron chi connectivity index (χ3n) is 3.53. The van der Waals surface area contributed by atoms with Crippen molar-refractivity contribution >= 4 is 21.4 Å². The number of aliphatic hydroxyl groups excluding tert-OH is 1. The molecule has 1 aromatic heterocycles. The smallest absolute Gasteiger partial charge is 0.244 e. The molecule has 0 bridgehead atoms. The second-order valence-corrected chi connectivity index (χ2v) is 9.16. The van der Waals surface area contributed by atoms with Crippen molar-refractivity contribution in [1.29, 1.82) is 0 Å². The first-order valence-corrected chi connectivity index (χ1v) is 8.45. The highest BCUT2D eigenvalue weighted by Crippen LogP contribution is 2.32. The quantitative estimate of drug-likeness (QED) is 0.930. The van der Waals surface area contributed by atoms with Gasteiger partial charge < -0.3 is 5.11 Å². The van der Waals surface area contributed by atoms with Crippen molar-refractivity contribution in [3.8, 4) is 0 Å². The van der Waals surface area contributed by atoms with Crippen LogP contribution in [0.3, 0.4) is 0 Å². The fourth-order valence-corrected chi connectivity index (χ4v) is 4.77. The van der Waals surface area contributed by atoms with Crippen LogP contribution in [0.2, 0.25) is 0 Å². The van der Waals surface area contributed by atoms with E-state index in [0.717, 1.165) is 4.88 Å². The summed E-state index contributed by atoms with van der Waals surface area (Å²) in [6.07, 6.45) is 0. The van der Waals surface area contributed by atoms with Gasteiger partial charge in [0.25, 0.3) is 0 Å². The molecule has 1 unspecified atom stereocenters. The summed E-state index contributed by atoms with van der Waals surface area (Å²) in [7, 11) is -1.90. The SMILES string of the molecule is Cc1sc(CO)cc1S(=O)(=O)N(C)C(C)C(C)(C)C. The summed E-state index contributed by atoms with van der Waals surface area (Å²) in [5.41, 5.74) is -0.133. The first-order chi connectivity index (χ1) is 8.51. The van der Waals surface area contributed by atoms with Crippen molar-refractivity contribution < 1.29 is 13.5 Å². The predicted octanol–water partition coefficient (Wildman–Crippen LogP) is 2.60. The lowest BCUT2D eigenvalue weighted by Crippen LogP contribution is -2.42. The van der Waals surface area contributed by atoms with Crippen LogP contribution in [0.1, 0.15) is 37.4 Å². The maximum atomic E-state index is 12.6. The minimum absolute atomic E-state index is 0.116. The van der Waals surface area contributed by atoms with Gasteiger partial charge in [0, 0.05) is 22.8 Å². The summed E-state index contributed by atoms with van der Waals surface area (Å²) in [4.78, 5) is 1.70. The molecule has 0 aliphatic rings. The summed E-state index contributed by atoms with van der Waals surface area (Å²) >= 11 is 1.32. The van der Waals surface area contributed by atoms with Crippen LogP contribution in [0.25, 0.3) is 0 Å². The molecule has 6 heteroatoms. The largest absolute Gasteiger partial charge is 0.391 e. The minimum atomic E-state index is -3.51. The molecule has 1 rings (SSSR count). The van der Waals surface area contributed by atoms with Crippen LogP contribution < -0.4 is 0 Å². The summed E-state index contributed by atoms with van der Waals surface area (Å²) in [6, 6.07) is 1.45. The van der Waals surface area contributed by atoms with Gasteiger partial charge in [0.15, 0.2) is 0 Å². The van der Waals surface area contributed by atoms with Gasteiger partial charge in [-0.25, -0.2) is 8.42 Å². The van der Waals surface area contributed by atoms with Gasteiger partial charge in [0.2, 0.25) is 10.0 Å². The average molecular weight is 305 g/mol. The highest BCUT2D eigenvalue weighted by molar-refractivity contribution is 7.89. The molecule has 1 aromatic rings. The molecule has 1 N–H and O–H groups in total. The number of nitrogens with zero attached hydrogens (tertiary/aromatic N) is 1. The Morgan fingerprint density at radius 3 is 2.32 bits per heavy atom. The molecule has 0 aliphatic heterocycles. The number of aryl methyl sites for hydroxylation is 1. The standard InChI is InChI=1S/C13H23NO3S2/c1-9-12(7-11(8-15)18-9)19(16,17)14(6)10(2)13(3,4)5/h7,10,15H,8H2,1-6H3. The molecule has 1 heterocycles. The maximum absolute atomic E-state index is 12.6. The van der Waals surface area contributed by atoms with Crippen molar-refractivity contribution in [1.82, 2.24) is 4.31 Å². The molecule has 0 aromatic carbocycles. The number of aliphatic hydroxyl groups is 1. The van der Waals surface area contributed by atoms with E-state index in [0.29, 0.717) is 9.77 Å². The van der Waals surface area contributed by atoms with E-state index in [2.05, 4.69) is 0 Å². The lowest BCUT2D eigenvalue weighted by atomic mass is 9.88. The molecule has 0 saturated heterocycles. The van der Waals surface area contributed by atoms with Gasteiger partial charge in [-0.15, -0.1) is 11.3 Å². The summed E-state index contributed by atoms with van der Waals surface area (Å²) < 4.78 is 26.7. The van der Waals surface area contributed by atoms with Gasteiger partial charge in [0.05, 0.1) is 11.5 Å². The van der Waals surface area contributed by atoms with Crippen LogP contribution in [0.5, 0.6) is 0 Å². The molecule has 0 amide bonds. The van der Waals surface area contributed by atoms with Crippen LogP contribution in [-0.2, 0) is 16.6 Å². The summed E-state index contributed by atoms with van der Waals surface area (Å²) in [6.45, 7) is 9.61. The Labute approximate surface area is 120 Å². The van der Waals surface area contributed by atoms with Gasteiger partial charge in [-0.1, -0.05) is 20.8 Å². The Hall–Kier alpha value is -0.430. The fraction of sp³-hybridized carbons (Fsp3) is 0.692. The highest BCUT2D eigenvalue weighted by Gasteiger charge is 2.33. The van der Waals surface area contributed by atoms with E-state index in [1.54, 1.807) is 20.0 Å². The van der Waals surface area contributed by atoms with Gasteiger partial charge >= 0.3 is 0 Å². The number of hydrogen-bond acceptors (Lipinski definition) is 4. The number of sulfonamides is 1. The number of hydrogen-bond donors (Lipinski definition) is 1. The lowest BCUT2D eigenvalue weighted by Gasteiger charge is -2.34. The second kappa shape index (κ2) is 5.52. The molecular formula is C13H23NO3S2. The summed E-state index contributed by atoms with van der Waals surface area (Å²) in [5.74, 6) is 0. The highest BCUT2D eigenvalue weighted by atomic mass is 32.2. The van der Waals surface area contributed by atoms with E-state index >= 15 is 0 Å². The zero-order chi connectivity index (χ0) is 15.0. The van der Waals surface area contributed by atoms with E-state index in [4.69, 9.17) is 5.11 Å². The Balaban J connectivity index is 3.20. The molecule has 19 heavy (non-hydrogen) atoms. The third-order valence-corrected chi connectivity index (χ3v) is 6.75. The van der Waals surface area contributed by atoms with Crippen LogP contribution in [-0.4, -0.2) is 30.9 Å². The third kappa shape index (κ3) is 3.37. The first kappa shape index (κ1) is 16.6. The fourth-order valence-electron chi connectivity index (χ4n) is 1.77.